The van der Waals surface area contributed by atoms with Gasteiger partial charge in [-0.15, -0.1) is 11.3 Å². The average molecular weight is 1440 g/mol. The number of aromatic nitrogens is 13. The number of aryl methyl sites for hydroxylation is 2. The van der Waals surface area contributed by atoms with Gasteiger partial charge in [0.1, 0.15) is 87.0 Å². The quantitative estimate of drug-likeness (QED) is 0.0492. The fraction of sp³-hybridized carbons (Fsp3) is 0.0811. The van der Waals surface area contributed by atoms with Crippen molar-refractivity contribution in [1.82, 2.24) is 64.8 Å². The van der Waals surface area contributed by atoms with Gasteiger partial charge in [-0.25, -0.2) is 34.9 Å². The maximum absolute atomic E-state index is 11.5. The Balaban J connectivity index is 0.000000162. The molecule has 524 valence electrons. The first-order chi connectivity index (χ1) is 51.5. The van der Waals surface area contributed by atoms with Gasteiger partial charge in [0.05, 0.1) is 112 Å². The van der Waals surface area contributed by atoms with E-state index in [1.54, 1.807) is 80.0 Å². The monoisotopic (exact) mass is 1440 g/mol. The summed E-state index contributed by atoms with van der Waals surface area (Å²) in [6.07, 6.45) is 7.46. The summed E-state index contributed by atoms with van der Waals surface area (Å²) in [5.74, 6) is 1.10. The molecule has 7 aromatic heterocycles. The van der Waals surface area contributed by atoms with Crippen LogP contribution in [0.4, 0.5) is 5.69 Å². The number of nitriles is 7. The molecule has 0 atom stereocenters. The Morgan fingerprint density at radius 2 is 0.822 bits per heavy atom. The number of aromatic hydroxyl groups is 2. The number of nitrogens with one attached hydrogen (secondary N) is 6. The van der Waals surface area contributed by atoms with Crippen molar-refractivity contribution in [3.8, 4) is 127 Å². The molecule has 6 aromatic carbocycles. The minimum absolute atomic E-state index is 0.0166. The van der Waals surface area contributed by atoms with Gasteiger partial charge in [0, 0.05) is 45.5 Å². The number of hydrogen-bond acceptors (Lipinski definition) is 26. The van der Waals surface area contributed by atoms with Crippen LogP contribution in [-0.2, 0) is 0 Å². The molecule has 107 heavy (non-hydrogen) atoms. The van der Waals surface area contributed by atoms with E-state index in [9.17, 15) is 49.1 Å². The zero-order valence-corrected chi connectivity index (χ0v) is 57.2. The summed E-state index contributed by atoms with van der Waals surface area (Å²) < 4.78 is 6.13. The Morgan fingerprint density at radius 1 is 0.449 bits per heavy atom. The van der Waals surface area contributed by atoms with E-state index in [4.69, 9.17) is 41.6 Å². The van der Waals surface area contributed by atoms with Crippen LogP contribution in [0.2, 0.25) is 0 Å². The lowest BCUT2D eigenvalue weighted by Crippen LogP contribution is -2.12. The molecule has 0 bridgehead atoms. The van der Waals surface area contributed by atoms with Crippen LogP contribution in [0, 0.1) is 103 Å². The van der Waals surface area contributed by atoms with Crippen LogP contribution in [0.3, 0.4) is 0 Å². The highest BCUT2D eigenvalue weighted by Gasteiger charge is 2.18. The molecule has 0 saturated carbocycles. The fourth-order valence-electron chi connectivity index (χ4n) is 9.78. The van der Waals surface area contributed by atoms with Gasteiger partial charge in [0.2, 0.25) is 0 Å². The molecule has 0 aliphatic heterocycles. The van der Waals surface area contributed by atoms with Gasteiger partial charge >= 0.3 is 0 Å². The van der Waals surface area contributed by atoms with E-state index in [1.807, 2.05) is 72.8 Å². The molecule has 13 aromatic rings. The number of nitro benzene ring substituents is 1. The predicted molar refractivity (Wildman–Crippen MR) is 388 cm³/mol. The normalized spacial score (nSPS) is 9.93. The average Bonchev–Trinajstić information content (AvgIpc) is 1.18. The van der Waals surface area contributed by atoms with Gasteiger partial charge in [-0.1, -0.05) is 56.3 Å². The molecule has 32 nitrogen and oxygen atoms in total. The Labute approximate surface area is 606 Å². The van der Waals surface area contributed by atoms with E-state index in [2.05, 4.69) is 78.6 Å². The number of non-ortho nitro benzene ring substituents is 1. The van der Waals surface area contributed by atoms with Gasteiger partial charge in [0.15, 0.2) is 0 Å². The molecule has 0 aliphatic rings. The second-order valence-corrected chi connectivity index (χ2v) is 22.9. The molecule has 8 N–H and O–H groups in total. The zero-order valence-electron chi connectivity index (χ0n) is 56.4. The second kappa shape index (κ2) is 35.7. The summed E-state index contributed by atoms with van der Waals surface area (Å²) >= 11 is 1.54. The van der Waals surface area contributed by atoms with Crippen molar-refractivity contribution < 1.29 is 19.9 Å². The molecule has 0 radical (unpaired) electrons. The fourth-order valence-corrected chi connectivity index (χ4v) is 10.4. The third-order valence-electron chi connectivity index (χ3n) is 15.1. The molecule has 13 rings (SSSR count). The van der Waals surface area contributed by atoms with Crippen LogP contribution < -0.4 is 38.1 Å². The third kappa shape index (κ3) is 18.4. The highest BCUT2D eigenvalue weighted by atomic mass is 32.1. The van der Waals surface area contributed by atoms with E-state index < -0.39 is 38.3 Å². The maximum Gasteiger partial charge on any atom is 0.269 e. The van der Waals surface area contributed by atoms with Crippen LogP contribution in [0.1, 0.15) is 75.4 Å². The SMILES string of the molecule is CC(C)c1ccc(-c2nc[nH]c(=O)c2C#N)cc1.COc1cc(C#N)cc(-c2nc[nH]c(=O)c2C#N)c1.Cc1cc(-c2nc[nH]c(=O)c2C#N)cc(C)c1O.N#Cc1c(-c2ccc([N+](=O)[O-])cc2)nc[nH]c1=O.N#Cc1c(-c2ccc3scnc3c2)nc[nH]c1=O.N#Cc1c(-c2ccccc2O)nc[nH]c1=O. The highest BCUT2D eigenvalue weighted by molar-refractivity contribution is 7.16. The first-order valence-electron chi connectivity index (χ1n) is 30.8. The number of nitrogens with zero attached hydrogens (tertiary/aromatic N) is 15. The van der Waals surface area contributed by atoms with E-state index in [-0.39, 0.29) is 67.6 Å². The summed E-state index contributed by atoms with van der Waals surface area (Å²) in [5, 5.41) is 92.5. The standard InChI is InChI=1S/C14H13N3O.C13H8N4O2.C13H11N3O2.C12H6N4OS.C11H6N4O3.C11H7N3O2/c1-9(2)10-3-5-11(6-4-10)13-12(7-15)14(18)17-8-16-13;1-19-10-3-8(5-14)2-9(4-10)12-11(6-15)13(18)17-7-16-12;1-7-3-9(4-8(2)12(7)17)11-10(5-14)13(18)16-6-15-11;13-4-8-11(14-5-15-12(8)17)7-1-2-10-9(3-7)16-6-18-10;12-5-9-10(13-6-14-11(9)16)7-1-3-8(4-2-7)15(17)18;12-5-8-10(13-6-14-11(8)16)7-3-1-2-4-9(7)15/h3-6,8-9H,1-2H3,(H,16,17,18);2-4,7H,1H3,(H,16,17,18);3-4,6,17H,1-2H3,(H,15,16,18);1-3,5-6H,(H,14,15,17);1-4,6H,(H,13,14,16);1-4,6,15H,(H,13,14,16). The number of hydrogen-bond donors (Lipinski definition) is 8. The van der Waals surface area contributed by atoms with Crippen LogP contribution in [0.5, 0.6) is 17.2 Å². The van der Waals surface area contributed by atoms with E-state index in [0.717, 1.165) is 21.3 Å². The van der Waals surface area contributed by atoms with Crippen molar-refractivity contribution in [3.63, 3.8) is 0 Å². The van der Waals surface area contributed by atoms with Crippen LogP contribution in [0.15, 0.2) is 194 Å². The lowest BCUT2D eigenvalue weighted by atomic mass is 10.00. The molecule has 0 unspecified atom stereocenters. The molecule has 0 saturated heterocycles. The number of nitro groups is 1. The Bertz CT molecular complexity index is 6210. The number of methoxy groups -OCH3 is 1. The van der Waals surface area contributed by atoms with Gasteiger partial charge in [-0.05, 0) is 103 Å². The summed E-state index contributed by atoms with van der Waals surface area (Å²) in [6.45, 7) is 7.73. The van der Waals surface area contributed by atoms with Crippen molar-refractivity contribution in [2.45, 2.75) is 33.6 Å². The molecule has 0 amide bonds. The Morgan fingerprint density at radius 3 is 1.21 bits per heavy atom. The molecule has 0 aliphatic carbocycles. The number of para-hydroxylation sites is 1. The number of phenols is 2. The Kier molecular flexibility index (Phi) is 25.5. The largest absolute Gasteiger partial charge is 0.507 e. The van der Waals surface area contributed by atoms with Crippen LogP contribution in [-0.4, -0.2) is 87.0 Å². The van der Waals surface area contributed by atoms with Crippen molar-refractivity contribution in [2.24, 2.45) is 0 Å². The summed E-state index contributed by atoms with van der Waals surface area (Å²) in [6, 6.07) is 46.3. The third-order valence-corrected chi connectivity index (χ3v) is 15.9. The van der Waals surface area contributed by atoms with Crippen LogP contribution >= 0.6 is 11.3 Å². The van der Waals surface area contributed by atoms with Crippen molar-refractivity contribution in [2.75, 3.05) is 7.11 Å². The minimum Gasteiger partial charge on any atom is -0.507 e. The number of benzene rings is 6. The number of H-pyrrole nitrogens is 6. The van der Waals surface area contributed by atoms with Crippen molar-refractivity contribution in [3.05, 3.63) is 293 Å². The zero-order chi connectivity index (χ0) is 77.4. The number of ether oxygens (including phenoxy) is 1. The molecular weight excluding hydrogens is 1390 g/mol. The van der Waals surface area contributed by atoms with Gasteiger partial charge in [-0.3, -0.25) is 38.9 Å². The molecular formula is C74H51N21O11S. The van der Waals surface area contributed by atoms with Crippen molar-refractivity contribution in [1.29, 1.82) is 36.8 Å². The summed E-state index contributed by atoms with van der Waals surface area (Å²) in [7, 11) is 1.47. The van der Waals surface area contributed by atoms with E-state index >= 15 is 0 Å². The number of fused-ring (bicyclic) bond motifs is 1. The molecule has 0 fully saturated rings. The summed E-state index contributed by atoms with van der Waals surface area (Å²) in [5.41, 5.74) is 7.51. The smallest absolute Gasteiger partial charge is 0.269 e. The highest BCUT2D eigenvalue weighted by Crippen LogP contribution is 2.32. The molecule has 33 heteroatoms. The Hall–Kier alpha value is -16.3. The summed E-state index contributed by atoms with van der Waals surface area (Å²) in [4.78, 5) is 121. The van der Waals surface area contributed by atoms with Crippen molar-refractivity contribution >= 4 is 27.2 Å². The first kappa shape index (κ1) is 76.5. The molecule has 7 heterocycles. The minimum atomic E-state index is -0.541. The van der Waals surface area contributed by atoms with E-state index in [0.29, 0.717) is 67.7 Å². The van der Waals surface area contributed by atoms with Gasteiger partial charge in [-0.2, -0.15) is 36.8 Å². The number of rotatable bonds is 9. The maximum atomic E-state index is 11.5. The van der Waals surface area contributed by atoms with Gasteiger partial charge in [0.25, 0.3) is 39.0 Å². The lowest BCUT2D eigenvalue weighted by Gasteiger charge is -2.08. The first-order valence-corrected chi connectivity index (χ1v) is 31.7. The van der Waals surface area contributed by atoms with Crippen LogP contribution in [0.25, 0.3) is 77.8 Å². The topological polar surface area (TPSA) is 547 Å². The molecule has 0 spiro atoms. The number of aromatic amines is 6. The number of thiazole rings is 1. The van der Waals surface area contributed by atoms with Gasteiger partial charge < -0.3 is 44.9 Å². The second-order valence-electron chi connectivity index (χ2n) is 22.1. The predicted octanol–water partition coefficient (Wildman–Crippen LogP) is 9.40. The van der Waals surface area contributed by atoms with E-state index in [1.165, 1.54) is 92.3 Å². The lowest BCUT2D eigenvalue weighted by molar-refractivity contribution is -0.384. The number of phenolic OH excluding ortho intramolecular Hbond substituents is 2.